The summed E-state index contributed by atoms with van der Waals surface area (Å²) in [7, 11) is 0. The van der Waals surface area contributed by atoms with Gasteiger partial charge in [-0.3, -0.25) is 4.79 Å². The number of allylic oxidation sites excluding steroid dienone is 1. The number of benzene rings is 2. The van der Waals surface area contributed by atoms with Gasteiger partial charge in [0.1, 0.15) is 5.82 Å². The molecule has 0 radical (unpaired) electrons. The van der Waals surface area contributed by atoms with Crippen LogP contribution in [0.3, 0.4) is 0 Å². The maximum absolute atomic E-state index is 14.0. The largest absolute Gasteiger partial charge is 0.291 e. The number of carbonyl (C=O) groups is 1. The number of fused-ring (bicyclic) bond motifs is 2. The van der Waals surface area contributed by atoms with Crippen molar-refractivity contribution in [1.29, 1.82) is 5.26 Å². The Morgan fingerprint density at radius 3 is 2.80 bits per heavy atom. The van der Waals surface area contributed by atoms with Gasteiger partial charge in [0.15, 0.2) is 12.0 Å². The first-order chi connectivity index (χ1) is 12.0. The fourth-order valence-corrected chi connectivity index (χ4v) is 4.03. The van der Waals surface area contributed by atoms with Crippen molar-refractivity contribution in [3.05, 3.63) is 74.6 Å². The van der Waals surface area contributed by atoms with Crippen LogP contribution in [0.5, 0.6) is 0 Å². The molecule has 4 rings (SSSR count). The van der Waals surface area contributed by atoms with Crippen molar-refractivity contribution in [2.24, 2.45) is 0 Å². The first kappa shape index (κ1) is 16.0. The van der Waals surface area contributed by atoms with Crippen molar-refractivity contribution in [3.8, 4) is 6.07 Å². The predicted molar refractivity (Wildman–Crippen MR) is 90.9 cm³/mol. The van der Waals surface area contributed by atoms with Crippen molar-refractivity contribution in [3.63, 3.8) is 0 Å². The summed E-state index contributed by atoms with van der Waals surface area (Å²) in [6, 6.07) is 8.01. The number of hydrogen-bond acceptors (Lipinski definition) is 2. The Labute approximate surface area is 148 Å². The fourth-order valence-electron chi connectivity index (χ4n) is 3.76. The van der Waals surface area contributed by atoms with E-state index in [2.05, 4.69) is 0 Å². The Bertz CT molecular complexity index is 1000. The highest BCUT2D eigenvalue weighted by Gasteiger charge is 2.35. The van der Waals surface area contributed by atoms with Crippen LogP contribution >= 0.6 is 11.6 Å². The number of nitrogens with zero attached hydrogens (tertiary/aromatic N) is 1. The minimum Gasteiger partial charge on any atom is -0.291 e. The Hall–Kier alpha value is -2.51. The van der Waals surface area contributed by atoms with Crippen LogP contribution in [0.15, 0.2) is 30.3 Å². The number of carbonyl (C=O) groups excluding carboxylic acids is 1. The van der Waals surface area contributed by atoms with Crippen molar-refractivity contribution < 1.29 is 13.6 Å². The van der Waals surface area contributed by atoms with E-state index in [1.807, 2.05) is 12.1 Å². The maximum Gasteiger partial charge on any atom is 0.199 e. The van der Waals surface area contributed by atoms with Gasteiger partial charge in [0.25, 0.3) is 0 Å². The van der Waals surface area contributed by atoms with E-state index in [0.717, 1.165) is 11.1 Å². The number of halogens is 3. The van der Waals surface area contributed by atoms with Crippen LogP contribution in [0.4, 0.5) is 8.78 Å². The summed E-state index contributed by atoms with van der Waals surface area (Å²) < 4.78 is 27.8. The molecule has 1 atom stereocenters. The number of alkyl halides is 1. The number of Topliss-reactive ketones (excluding diaryl/α,β-unsaturated/α-hetero) is 1. The van der Waals surface area contributed by atoms with E-state index in [4.69, 9.17) is 11.6 Å². The molecule has 0 saturated heterocycles. The molecule has 0 bridgehead atoms. The SMILES string of the molecule is N#Cc1cc(F)cc2c1C(c1ccc(Cl)c3c1CC(F)C3=O)=CCC2. The molecule has 2 aromatic carbocycles. The van der Waals surface area contributed by atoms with Crippen LogP contribution in [-0.4, -0.2) is 12.0 Å². The lowest BCUT2D eigenvalue weighted by atomic mass is 9.82. The summed E-state index contributed by atoms with van der Waals surface area (Å²) in [6.07, 6.45) is 1.65. The highest BCUT2D eigenvalue weighted by molar-refractivity contribution is 6.35. The van der Waals surface area contributed by atoms with Gasteiger partial charge < -0.3 is 0 Å². The zero-order valence-electron chi connectivity index (χ0n) is 13.1. The predicted octanol–water partition coefficient (Wildman–Crippen LogP) is 4.81. The van der Waals surface area contributed by atoms with Crippen molar-refractivity contribution in [2.45, 2.75) is 25.4 Å². The van der Waals surface area contributed by atoms with Crippen molar-refractivity contribution >= 4 is 23.0 Å². The van der Waals surface area contributed by atoms with E-state index in [1.165, 1.54) is 12.1 Å². The molecular weight excluding hydrogens is 344 g/mol. The molecule has 0 heterocycles. The molecule has 5 heteroatoms. The second-order valence-electron chi connectivity index (χ2n) is 6.24. The highest BCUT2D eigenvalue weighted by Crippen LogP contribution is 2.41. The van der Waals surface area contributed by atoms with Gasteiger partial charge in [-0.25, -0.2) is 8.78 Å². The van der Waals surface area contributed by atoms with E-state index < -0.39 is 17.8 Å². The van der Waals surface area contributed by atoms with E-state index in [1.54, 1.807) is 12.1 Å². The quantitative estimate of drug-likeness (QED) is 0.736. The smallest absolute Gasteiger partial charge is 0.199 e. The lowest BCUT2D eigenvalue weighted by molar-refractivity contribution is 0.0899. The third-order valence-electron chi connectivity index (χ3n) is 4.80. The minimum atomic E-state index is -1.60. The molecule has 2 aliphatic carbocycles. The lowest BCUT2D eigenvalue weighted by Gasteiger charge is -2.21. The third kappa shape index (κ3) is 2.39. The molecule has 0 aromatic heterocycles. The van der Waals surface area contributed by atoms with Crippen LogP contribution in [0.2, 0.25) is 5.02 Å². The zero-order valence-corrected chi connectivity index (χ0v) is 13.8. The van der Waals surface area contributed by atoms with Crippen molar-refractivity contribution in [2.75, 3.05) is 0 Å². The second-order valence-corrected chi connectivity index (χ2v) is 6.65. The summed E-state index contributed by atoms with van der Waals surface area (Å²) in [6.45, 7) is 0. The third-order valence-corrected chi connectivity index (χ3v) is 5.12. The first-order valence-corrected chi connectivity index (χ1v) is 8.32. The molecule has 0 spiro atoms. The monoisotopic (exact) mass is 355 g/mol. The molecule has 0 saturated carbocycles. The summed E-state index contributed by atoms with van der Waals surface area (Å²) in [4.78, 5) is 12.1. The van der Waals surface area contributed by atoms with Gasteiger partial charge in [-0.05, 0) is 53.3 Å². The molecule has 124 valence electrons. The van der Waals surface area contributed by atoms with Crippen LogP contribution < -0.4 is 0 Å². The van der Waals surface area contributed by atoms with Gasteiger partial charge in [-0.1, -0.05) is 23.7 Å². The normalized spacial score (nSPS) is 18.4. The summed E-state index contributed by atoms with van der Waals surface area (Å²) in [5.41, 5.74) is 3.88. The minimum absolute atomic E-state index is 0.0280. The molecule has 0 fully saturated rings. The summed E-state index contributed by atoms with van der Waals surface area (Å²) in [5, 5.41) is 9.66. The number of hydrogen-bond donors (Lipinski definition) is 0. The number of rotatable bonds is 1. The molecule has 25 heavy (non-hydrogen) atoms. The molecule has 0 N–H and O–H groups in total. The van der Waals surface area contributed by atoms with E-state index in [-0.39, 0.29) is 22.6 Å². The Morgan fingerprint density at radius 2 is 2.04 bits per heavy atom. The lowest BCUT2D eigenvalue weighted by Crippen LogP contribution is -2.08. The van der Waals surface area contributed by atoms with Crippen molar-refractivity contribution in [1.82, 2.24) is 0 Å². The second kappa shape index (κ2) is 5.79. The van der Waals surface area contributed by atoms with Gasteiger partial charge >= 0.3 is 0 Å². The first-order valence-electron chi connectivity index (χ1n) is 7.94. The molecule has 0 aliphatic heterocycles. The number of aryl methyl sites for hydroxylation is 1. The van der Waals surface area contributed by atoms with Gasteiger partial charge in [0, 0.05) is 17.5 Å². The molecule has 0 amide bonds. The Morgan fingerprint density at radius 1 is 1.24 bits per heavy atom. The molecule has 2 aliphatic rings. The van der Waals surface area contributed by atoms with Gasteiger partial charge in [-0.15, -0.1) is 0 Å². The number of ketones is 1. The number of nitriles is 1. The average molecular weight is 356 g/mol. The van der Waals surface area contributed by atoms with Crippen LogP contribution in [-0.2, 0) is 12.8 Å². The maximum atomic E-state index is 14.0. The summed E-state index contributed by atoms with van der Waals surface area (Å²) in [5.74, 6) is -1.05. The molecule has 2 aromatic rings. The molecule has 2 nitrogen and oxygen atoms in total. The van der Waals surface area contributed by atoms with Gasteiger partial charge in [-0.2, -0.15) is 5.26 Å². The van der Waals surface area contributed by atoms with E-state index in [9.17, 15) is 18.8 Å². The topological polar surface area (TPSA) is 40.9 Å². The van der Waals surface area contributed by atoms with Crippen LogP contribution in [0, 0.1) is 17.1 Å². The Balaban J connectivity index is 1.97. The van der Waals surface area contributed by atoms with Gasteiger partial charge in [0.2, 0.25) is 0 Å². The molecular formula is C20H12ClF2NO. The standard InChI is InChI=1S/C20H12ClF2NO/c21-16-5-4-13(15-8-17(23)20(25)19(15)16)14-3-1-2-10-6-12(22)7-11(9-24)18(10)14/h3-7,17H,1-2,8H2. The molecule has 1 unspecified atom stereocenters. The van der Waals surface area contributed by atoms with E-state index in [0.29, 0.717) is 29.5 Å². The summed E-state index contributed by atoms with van der Waals surface area (Å²) >= 11 is 6.11. The van der Waals surface area contributed by atoms with Crippen LogP contribution in [0.25, 0.3) is 5.57 Å². The van der Waals surface area contributed by atoms with Crippen LogP contribution in [0.1, 0.15) is 44.6 Å². The fraction of sp³-hybridized carbons (Fsp3) is 0.200. The van der Waals surface area contributed by atoms with Gasteiger partial charge in [0.05, 0.1) is 16.7 Å². The average Bonchev–Trinajstić information content (AvgIpc) is 2.89. The highest BCUT2D eigenvalue weighted by atomic mass is 35.5. The van der Waals surface area contributed by atoms with E-state index >= 15 is 0 Å². The Kier molecular flexibility index (Phi) is 3.70. The zero-order chi connectivity index (χ0) is 17.7.